The maximum Gasteiger partial charge on any atom is 0.408 e. The predicted octanol–water partition coefficient (Wildman–Crippen LogP) is 1.19. The van der Waals surface area contributed by atoms with Crippen LogP contribution in [0.25, 0.3) is 0 Å². The number of rotatable bonds is 5. The zero-order valence-electron chi connectivity index (χ0n) is 12.5. The molecule has 1 amide bonds. The Kier molecular flexibility index (Phi) is 5.59. The number of aliphatic carboxylic acids is 1. The average molecular weight is 341 g/mol. The van der Waals surface area contributed by atoms with E-state index in [9.17, 15) is 23.1 Å². The number of carbonyl (C=O) groups excluding carboxylic acids is 1. The van der Waals surface area contributed by atoms with Crippen molar-refractivity contribution in [2.45, 2.75) is 25.5 Å². The first-order valence-corrected chi connectivity index (χ1v) is 9.10. The molecule has 1 aliphatic heterocycles. The number of benzene rings is 1. The number of nitrogens with one attached hydrogen (secondary N) is 1. The van der Waals surface area contributed by atoms with Crippen LogP contribution < -0.4 is 5.32 Å². The SMILES string of the molecule is O=C(NC(C(=O)O)C1CCS(=O)(=O)CC1)OCc1ccccc1. The summed E-state index contributed by atoms with van der Waals surface area (Å²) < 4.78 is 27.8. The molecule has 0 saturated carbocycles. The largest absolute Gasteiger partial charge is 0.480 e. The van der Waals surface area contributed by atoms with Crippen LogP contribution in [0, 0.1) is 5.92 Å². The van der Waals surface area contributed by atoms with Crippen molar-refractivity contribution in [2.75, 3.05) is 11.5 Å². The monoisotopic (exact) mass is 341 g/mol. The lowest BCUT2D eigenvalue weighted by atomic mass is 9.94. The highest BCUT2D eigenvalue weighted by Gasteiger charge is 2.34. The lowest BCUT2D eigenvalue weighted by Crippen LogP contribution is -2.48. The second-order valence-corrected chi connectivity index (χ2v) is 7.81. The Balaban J connectivity index is 1.89. The van der Waals surface area contributed by atoms with Gasteiger partial charge in [0.15, 0.2) is 0 Å². The van der Waals surface area contributed by atoms with Crippen LogP contribution in [0.2, 0.25) is 0 Å². The molecule has 0 aromatic heterocycles. The summed E-state index contributed by atoms with van der Waals surface area (Å²) in [7, 11) is -3.09. The van der Waals surface area contributed by atoms with Crippen molar-refractivity contribution in [3.05, 3.63) is 35.9 Å². The van der Waals surface area contributed by atoms with Crippen LogP contribution in [0.5, 0.6) is 0 Å². The number of ether oxygens (including phenoxy) is 1. The summed E-state index contributed by atoms with van der Waals surface area (Å²) in [6, 6.07) is 7.87. The fraction of sp³-hybridized carbons (Fsp3) is 0.467. The highest BCUT2D eigenvalue weighted by atomic mass is 32.2. The van der Waals surface area contributed by atoms with Crippen LogP contribution in [0.4, 0.5) is 4.79 Å². The molecule has 1 unspecified atom stereocenters. The van der Waals surface area contributed by atoms with E-state index in [0.717, 1.165) is 5.56 Å². The van der Waals surface area contributed by atoms with E-state index >= 15 is 0 Å². The average Bonchev–Trinajstić information content (AvgIpc) is 2.52. The number of alkyl carbamates (subject to hydrolysis) is 1. The topological polar surface area (TPSA) is 110 Å². The van der Waals surface area contributed by atoms with Crippen LogP contribution in [-0.4, -0.2) is 43.1 Å². The first kappa shape index (κ1) is 17.3. The number of hydrogen-bond acceptors (Lipinski definition) is 5. The summed E-state index contributed by atoms with van der Waals surface area (Å²) in [6.45, 7) is 0.0397. The lowest BCUT2D eigenvalue weighted by molar-refractivity contribution is -0.141. The highest BCUT2D eigenvalue weighted by molar-refractivity contribution is 7.91. The molecule has 1 saturated heterocycles. The van der Waals surface area contributed by atoms with Gasteiger partial charge < -0.3 is 15.2 Å². The first-order valence-electron chi connectivity index (χ1n) is 7.28. The van der Waals surface area contributed by atoms with Gasteiger partial charge in [0.1, 0.15) is 22.5 Å². The van der Waals surface area contributed by atoms with Crippen LogP contribution in [0.3, 0.4) is 0 Å². The quantitative estimate of drug-likeness (QED) is 0.832. The van der Waals surface area contributed by atoms with Gasteiger partial charge in [-0.15, -0.1) is 0 Å². The van der Waals surface area contributed by atoms with Crippen LogP contribution in [0.15, 0.2) is 30.3 Å². The number of carbonyl (C=O) groups is 2. The molecule has 1 aliphatic rings. The summed E-state index contributed by atoms with van der Waals surface area (Å²) in [4.78, 5) is 23.1. The standard InChI is InChI=1S/C15H19NO6S/c17-14(18)13(12-6-8-23(20,21)9-7-12)16-15(19)22-10-11-4-2-1-3-5-11/h1-5,12-13H,6-10H2,(H,16,19)(H,17,18). The van der Waals surface area contributed by atoms with E-state index in [1.54, 1.807) is 24.3 Å². The number of carboxylic acid groups (broad SMARTS) is 1. The zero-order valence-corrected chi connectivity index (χ0v) is 13.3. The number of sulfone groups is 1. The van der Waals surface area contributed by atoms with E-state index in [1.807, 2.05) is 6.07 Å². The molecule has 7 nitrogen and oxygen atoms in total. The minimum absolute atomic E-state index is 0.0397. The van der Waals surface area contributed by atoms with Crippen LogP contribution >= 0.6 is 0 Å². The van der Waals surface area contributed by atoms with Gasteiger partial charge in [-0.05, 0) is 24.3 Å². The molecular formula is C15H19NO6S. The van der Waals surface area contributed by atoms with Gasteiger partial charge in [0.2, 0.25) is 0 Å². The molecule has 0 radical (unpaired) electrons. The molecule has 0 bridgehead atoms. The molecule has 1 atom stereocenters. The summed E-state index contributed by atoms with van der Waals surface area (Å²) in [6.07, 6.45) is -0.383. The Hall–Kier alpha value is -2.09. The minimum atomic E-state index is -3.09. The Morgan fingerprint density at radius 2 is 1.83 bits per heavy atom. The van der Waals surface area contributed by atoms with Crippen molar-refractivity contribution >= 4 is 21.9 Å². The second-order valence-electron chi connectivity index (χ2n) is 5.51. The van der Waals surface area contributed by atoms with Crippen molar-refractivity contribution in [2.24, 2.45) is 5.92 Å². The van der Waals surface area contributed by atoms with Crippen LogP contribution in [0.1, 0.15) is 18.4 Å². The predicted molar refractivity (Wildman–Crippen MR) is 82.6 cm³/mol. The van der Waals surface area contributed by atoms with Crippen molar-refractivity contribution in [3.8, 4) is 0 Å². The van der Waals surface area contributed by atoms with Gasteiger partial charge >= 0.3 is 12.1 Å². The third kappa shape index (κ3) is 5.24. The highest BCUT2D eigenvalue weighted by Crippen LogP contribution is 2.22. The molecule has 1 aromatic carbocycles. The maximum atomic E-state index is 11.8. The number of hydrogen-bond donors (Lipinski definition) is 2. The van der Waals surface area contributed by atoms with Crippen molar-refractivity contribution in [3.63, 3.8) is 0 Å². The Bertz CT molecular complexity index is 644. The third-order valence-corrected chi connectivity index (χ3v) is 5.54. The molecule has 8 heteroatoms. The van der Waals surface area contributed by atoms with E-state index in [2.05, 4.69) is 5.32 Å². The van der Waals surface area contributed by atoms with E-state index in [1.165, 1.54) is 0 Å². The Morgan fingerprint density at radius 3 is 2.39 bits per heavy atom. The molecular weight excluding hydrogens is 322 g/mol. The lowest BCUT2D eigenvalue weighted by Gasteiger charge is -2.27. The van der Waals surface area contributed by atoms with Crippen molar-refractivity contribution in [1.82, 2.24) is 5.32 Å². The van der Waals surface area contributed by atoms with Crippen molar-refractivity contribution in [1.29, 1.82) is 0 Å². The van der Waals surface area contributed by atoms with Gasteiger partial charge in [-0.2, -0.15) is 0 Å². The number of amides is 1. The third-order valence-electron chi connectivity index (χ3n) is 3.82. The Labute approximate surface area is 134 Å². The molecule has 2 N–H and O–H groups in total. The summed E-state index contributed by atoms with van der Waals surface area (Å²) in [5.74, 6) is -1.71. The van der Waals surface area contributed by atoms with E-state index in [4.69, 9.17) is 4.74 Å². The van der Waals surface area contributed by atoms with Gasteiger partial charge in [-0.25, -0.2) is 18.0 Å². The van der Waals surface area contributed by atoms with Gasteiger partial charge in [-0.3, -0.25) is 0 Å². The Morgan fingerprint density at radius 1 is 1.22 bits per heavy atom. The molecule has 1 heterocycles. The van der Waals surface area contributed by atoms with Crippen molar-refractivity contribution < 1.29 is 27.9 Å². The van der Waals surface area contributed by atoms with Gasteiger partial charge in [-0.1, -0.05) is 30.3 Å². The molecule has 126 valence electrons. The molecule has 1 fully saturated rings. The first-order chi connectivity index (χ1) is 10.9. The fourth-order valence-corrected chi connectivity index (χ4v) is 4.04. The minimum Gasteiger partial charge on any atom is -0.480 e. The second kappa shape index (κ2) is 7.45. The number of carboxylic acids is 1. The maximum absolute atomic E-state index is 11.8. The fourth-order valence-electron chi connectivity index (χ4n) is 2.51. The molecule has 1 aromatic rings. The van der Waals surface area contributed by atoms with Gasteiger partial charge in [0.25, 0.3) is 0 Å². The van der Waals surface area contributed by atoms with E-state index in [-0.39, 0.29) is 31.0 Å². The molecule has 0 spiro atoms. The van der Waals surface area contributed by atoms with E-state index in [0.29, 0.717) is 0 Å². The zero-order chi connectivity index (χ0) is 16.9. The summed E-state index contributed by atoms with van der Waals surface area (Å²) in [5.41, 5.74) is 0.790. The summed E-state index contributed by atoms with van der Waals surface area (Å²) in [5, 5.41) is 11.6. The van der Waals surface area contributed by atoms with Gasteiger partial charge in [0.05, 0.1) is 11.5 Å². The summed E-state index contributed by atoms with van der Waals surface area (Å²) >= 11 is 0. The van der Waals surface area contributed by atoms with E-state index < -0.39 is 33.9 Å². The van der Waals surface area contributed by atoms with Gasteiger partial charge in [0, 0.05) is 0 Å². The smallest absolute Gasteiger partial charge is 0.408 e. The normalized spacial score (nSPS) is 18.8. The molecule has 2 rings (SSSR count). The van der Waals surface area contributed by atoms with Crippen LogP contribution in [-0.2, 0) is 26.0 Å². The molecule has 23 heavy (non-hydrogen) atoms. The molecule has 0 aliphatic carbocycles.